The lowest BCUT2D eigenvalue weighted by atomic mass is 9.93. The van der Waals surface area contributed by atoms with Crippen LogP contribution in [-0.4, -0.2) is 34.7 Å². The third kappa shape index (κ3) is 3.17. The highest BCUT2D eigenvalue weighted by Crippen LogP contribution is 2.40. The lowest BCUT2D eigenvalue weighted by molar-refractivity contribution is -0.132. The molecule has 2 fully saturated rings. The van der Waals surface area contributed by atoms with Crippen molar-refractivity contribution in [1.29, 1.82) is 5.26 Å². The smallest absolute Gasteiger partial charge is 0.227 e. The van der Waals surface area contributed by atoms with Gasteiger partial charge in [0.15, 0.2) is 0 Å². The summed E-state index contributed by atoms with van der Waals surface area (Å²) >= 11 is 0. The van der Waals surface area contributed by atoms with Crippen LogP contribution >= 0.6 is 0 Å². The van der Waals surface area contributed by atoms with Gasteiger partial charge in [-0.1, -0.05) is 18.2 Å². The van der Waals surface area contributed by atoms with Crippen molar-refractivity contribution in [3.05, 3.63) is 40.7 Å². The number of hydrogen-bond donors (Lipinski definition) is 0. The van der Waals surface area contributed by atoms with Crippen LogP contribution in [0.4, 0.5) is 0 Å². The Labute approximate surface area is 164 Å². The number of allylic oxidation sites excluding steroid dienone is 1. The fourth-order valence-electron chi connectivity index (χ4n) is 4.34. The molecule has 5 rings (SSSR count). The summed E-state index contributed by atoms with van der Waals surface area (Å²) in [6.07, 6.45) is 11.2. The monoisotopic (exact) mass is 373 g/mol. The largest absolute Gasteiger partial charge is 0.338 e. The van der Waals surface area contributed by atoms with Gasteiger partial charge in [-0.25, -0.2) is 0 Å². The van der Waals surface area contributed by atoms with Gasteiger partial charge in [-0.15, -0.1) is 0 Å². The molecule has 1 aromatic heterocycles. The van der Waals surface area contributed by atoms with E-state index in [4.69, 9.17) is 10.2 Å². The molecular weight excluding hydrogens is 350 g/mol. The van der Waals surface area contributed by atoms with Crippen molar-refractivity contribution in [3.8, 4) is 6.07 Å². The minimum absolute atomic E-state index is 0.0851. The van der Waals surface area contributed by atoms with Gasteiger partial charge in [-0.05, 0) is 42.9 Å². The molecule has 3 aliphatic carbocycles. The number of hydrogen-bond acceptors (Lipinski definition) is 4. The highest BCUT2D eigenvalue weighted by atomic mass is 16.2. The molecule has 0 bridgehead atoms. The molecule has 0 saturated heterocycles. The zero-order valence-corrected chi connectivity index (χ0v) is 15.9. The molecule has 2 heterocycles. The number of carbonyl (C=O) groups is 2. The van der Waals surface area contributed by atoms with Crippen molar-refractivity contribution in [2.24, 2.45) is 17.8 Å². The van der Waals surface area contributed by atoms with E-state index in [2.05, 4.69) is 30.4 Å². The van der Waals surface area contributed by atoms with Crippen LogP contribution in [0.25, 0.3) is 11.6 Å². The Morgan fingerprint density at radius 2 is 2.18 bits per heavy atom. The number of ketones is 1. The number of amides is 1. The predicted octanol–water partition coefficient (Wildman–Crippen LogP) is 2.95. The molecule has 0 radical (unpaired) electrons. The minimum atomic E-state index is -0.0897. The molecule has 1 aliphatic heterocycles. The Balaban J connectivity index is 1.36. The maximum Gasteiger partial charge on any atom is 0.227 e. The first kappa shape index (κ1) is 17.4. The van der Waals surface area contributed by atoms with Crippen LogP contribution in [0.15, 0.2) is 18.2 Å². The van der Waals surface area contributed by atoms with E-state index in [9.17, 15) is 9.59 Å². The van der Waals surface area contributed by atoms with E-state index >= 15 is 0 Å². The fraction of sp³-hybridized carbons (Fsp3) is 0.478. The summed E-state index contributed by atoms with van der Waals surface area (Å²) in [5, 5.41) is 8.96. The maximum atomic E-state index is 12.5. The first-order chi connectivity index (χ1) is 13.6. The van der Waals surface area contributed by atoms with E-state index in [1.54, 1.807) is 0 Å². The maximum absolute atomic E-state index is 12.5. The van der Waals surface area contributed by atoms with E-state index in [-0.39, 0.29) is 23.7 Å². The fourth-order valence-corrected chi connectivity index (χ4v) is 4.34. The van der Waals surface area contributed by atoms with Crippen LogP contribution in [0, 0.1) is 29.1 Å². The number of fused-ring (bicyclic) bond motifs is 1. The number of Topliss-reactive ketones (excluding diaryl/α,β-unsaturated/α-hetero) is 1. The second-order valence-corrected chi connectivity index (χ2v) is 8.39. The highest BCUT2D eigenvalue weighted by Gasteiger charge is 2.45. The molecule has 0 N–H and O–H groups in total. The van der Waals surface area contributed by atoms with Gasteiger partial charge in [0.05, 0.1) is 23.6 Å². The number of carbonyl (C=O) groups excluding carboxylic acids is 2. The first-order valence-electron chi connectivity index (χ1n) is 10.2. The molecule has 142 valence electrons. The standard InChI is InChI=1S/C23H23N3O2/c24-13-16-10-20(16)23(28)26-8-6-14(7-9-26)19-11-17(12-22(27)15-4-5-15)25-21-3-1-2-18(19)21/h1-2,6,11,15-16,20H,3-5,7-10,12H2/t16-,20-/m1/s1. The predicted molar refractivity (Wildman–Crippen MR) is 105 cm³/mol. The molecule has 2 saturated carbocycles. The molecule has 0 aromatic carbocycles. The van der Waals surface area contributed by atoms with Crippen LogP contribution in [0.1, 0.15) is 48.2 Å². The lowest BCUT2D eigenvalue weighted by Gasteiger charge is -2.27. The van der Waals surface area contributed by atoms with Crippen molar-refractivity contribution < 1.29 is 9.59 Å². The number of aromatic nitrogens is 1. The van der Waals surface area contributed by atoms with Crippen molar-refractivity contribution in [1.82, 2.24) is 9.88 Å². The molecule has 5 nitrogen and oxygen atoms in total. The van der Waals surface area contributed by atoms with Gasteiger partial charge in [0.2, 0.25) is 5.91 Å². The van der Waals surface area contributed by atoms with Crippen LogP contribution < -0.4 is 0 Å². The molecule has 4 aliphatic rings. The summed E-state index contributed by atoms with van der Waals surface area (Å²) in [5.41, 5.74) is 5.52. The second-order valence-electron chi connectivity index (χ2n) is 8.39. The van der Waals surface area contributed by atoms with Gasteiger partial charge >= 0.3 is 0 Å². The third-order valence-corrected chi connectivity index (χ3v) is 6.31. The normalized spacial score (nSPS) is 25.1. The van der Waals surface area contributed by atoms with Crippen molar-refractivity contribution in [3.63, 3.8) is 0 Å². The van der Waals surface area contributed by atoms with Gasteiger partial charge in [0, 0.05) is 43.1 Å². The summed E-state index contributed by atoms with van der Waals surface area (Å²) in [4.78, 5) is 31.4. The zero-order valence-electron chi connectivity index (χ0n) is 15.9. The first-order valence-corrected chi connectivity index (χ1v) is 10.2. The molecule has 0 spiro atoms. The van der Waals surface area contributed by atoms with Crippen molar-refractivity contribution in [2.75, 3.05) is 13.1 Å². The Kier molecular flexibility index (Phi) is 4.16. The Morgan fingerprint density at radius 1 is 1.32 bits per heavy atom. The lowest BCUT2D eigenvalue weighted by Crippen LogP contribution is -2.36. The molecule has 5 heteroatoms. The SMILES string of the molecule is N#C[C@H]1C[C@H]1C(=O)N1CC=C(c2cc(CC(=O)C3CC3)nc3c2C=CC3)CC1. The van der Waals surface area contributed by atoms with Crippen LogP contribution in [0.3, 0.4) is 0 Å². The average molecular weight is 373 g/mol. The van der Waals surface area contributed by atoms with E-state index in [0.29, 0.717) is 31.7 Å². The van der Waals surface area contributed by atoms with Gasteiger partial charge in [-0.2, -0.15) is 5.26 Å². The Hall–Kier alpha value is -2.74. The average Bonchev–Trinajstić information content (AvgIpc) is 3.63. The summed E-state index contributed by atoms with van der Waals surface area (Å²) in [7, 11) is 0. The zero-order chi connectivity index (χ0) is 19.3. The number of pyridine rings is 1. The van der Waals surface area contributed by atoms with E-state index < -0.39 is 0 Å². The summed E-state index contributed by atoms with van der Waals surface area (Å²) in [6.45, 7) is 1.29. The summed E-state index contributed by atoms with van der Waals surface area (Å²) in [6, 6.07) is 4.29. The summed E-state index contributed by atoms with van der Waals surface area (Å²) < 4.78 is 0. The van der Waals surface area contributed by atoms with Crippen molar-refractivity contribution in [2.45, 2.75) is 38.5 Å². The Bertz CT molecular complexity index is 965. The molecule has 2 atom stereocenters. The highest BCUT2D eigenvalue weighted by molar-refractivity contribution is 5.86. The topological polar surface area (TPSA) is 74.1 Å². The third-order valence-electron chi connectivity index (χ3n) is 6.31. The summed E-state index contributed by atoms with van der Waals surface area (Å²) in [5.74, 6) is 0.517. The molecule has 28 heavy (non-hydrogen) atoms. The minimum Gasteiger partial charge on any atom is -0.338 e. The van der Waals surface area contributed by atoms with Crippen LogP contribution in [0.2, 0.25) is 0 Å². The van der Waals surface area contributed by atoms with E-state index in [1.807, 2.05) is 4.90 Å². The second kappa shape index (κ2) is 6.70. The number of nitrogens with zero attached hydrogens (tertiary/aromatic N) is 3. The molecule has 1 aromatic rings. The quantitative estimate of drug-likeness (QED) is 0.795. The van der Waals surface area contributed by atoms with E-state index in [1.165, 1.54) is 16.7 Å². The number of nitriles is 1. The van der Waals surface area contributed by atoms with E-state index in [0.717, 1.165) is 37.1 Å². The molecular formula is C23H23N3O2. The van der Waals surface area contributed by atoms with Crippen LogP contribution in [-0.2, 0) is 22.4 Å². The van der Waals surface area contributed by atoms with Gasteiger partial charge in [0.25, 0.3) is 0 Å². The van der Waals surface area contributed by atoms with Gasteiger partial charge < -0.3 is 4.90 Å². The number of rotatable bonds is 5. The van der Waals surface area contributed by atoms with Crippen LogP contribution in [0.5, 0.6) is 0 Å². The molecule has 0 unspecified atom stereocenters. The van der Waals surface area contributed by atoms with Gasteiger partial charge in [0.1, 0.15) is 5.78 Å². The Morgan fingerprint density at radius 3 is 2.86 bits per heavy atom. The molecule has 1 amide bonds. The van der Waals surface area contributed by atoms with Gasteiger partial charge in [-0.3, -0.25) is 14.6 Å². The van der Waals surface area contributed by atoms with Crippen molar-refractivity contribution >= 4 is 23.3 Å².